The summed E-state index contributed by atoms with van der Waals surface area (Å²) in [6.07, 6.45) is 0. The zero-order chi connectivity index (χ0) is 41.7. The van der Waals surface area contributed by atoms with E-state index < -0.39 is 8.07 Å². The minimum Gasteiger partial charge on any atom is -0.309 e. The molecule has 12 rings (SSSR count). The Morgan fingerprint density at radius 1 is 0.302 bits per heavy atom. The molecular weight excluding hydrogens is 777 g/mol. The molecule has 296 valence electrons. The van der Waals surface area contributed by atoms with Gasteiger partial charge in [0.25, 0.3) is 0 Å². The number of benzene rings is 10. The molecule has 12 aromatic rings. The Balaban J connectivity index is 1.21. The first-order valence-electron chi connectivity index (χ1n) is 21.8. The first-order valence-corrected chi connectivity index (χ1v) is 23.8. The summed E-state index contributed by atoms with van der Waals surface area (Å²) in [7, 11) is -2.94. The van der Waals surface area contributed by atoms with Gasteiger partial charge in [-0.05, 0) is 67.8 Å². The zero-order valence-electron chi connectivity index (χ0n) is 34.6. The van der Waals surface area contributed by atoms with E-state index in [1.807, 2.05) is 0 Å². The van der Waals surface area contributed by atoms with Gasteiger partial charge in [-0.25, -0.2) is 0 Å². The highest BCUT2D eigenvalue weighted by molar-refractivity contribution is 7.20. The van der Waals surface area contributed by atoms with E-state index in [0.717, 1.165) is 16.9 Å². The minimum absolute atomic E-state index is 1.13. The molecule has 0 unspecified atom stereocenters. The molecule has 0 radical (unpaired) electrons. The molecule has 0 saturated carbocycles. The average Bonchev–Trinajstić information content (AvgIpc) is 3.88. The van der Waals surface area contributed by atoms with Crippen LogP contribution < -0.4 is 20.7 Å². The van der Waals surface area contributed by atoms with E-state index in [2.05, 4.69) is 264 Å². The third-order valence-electron chi connectivity index (χ3n) is 13.1. The second-order valence-electron chi connectivity index (χ2n) is 16.4. The molecular formula is C60H42N2Si. The lowest BCUT2D eigenvalue weighted by molar-refractivity contribution is 1.16. The highest BCUT2D eigenvalue weighted by Crippen LogP contribution is 2.42. The van der Waals surface area contributed by atoms with Crippen LogP contribution in [-0.4, -0.2) is 17.2 Å². The maximum atomic E-state index is 2.57. The molecule has 0 fully saturated rings. The number of rotatable bonds is 8. The summed E-state index contributed by atoms with van der Waals surface area (Å²) < 4.78 is 5.07. The number of fused-ring (bicyclic) bond motifs is 6. The quantitative estimate of drug-likeness (QED) is 0.107. The van der Waals surface area contributed by atoms with Gasteiger partial charge in [-0.15, -0.1) is 0 Å². The Kier molecular flexibility index (Phi) is 8.87. The SMILES string of the molecule is c1ccc(-c2cccc(-n3c4ccccc4c4ccc(-n5c6ccccc6c6cccc([Si](c7ccccc7)(c7ccccc7)c7ccccc7)c65)cc43)c2-c2ccccc2)cc1. The van der Waals surface area contributed by atoms with Gasteiger partial charge in [-0.1, -0.05) is 224 Å². The van der Waals surface area contributed by atoms with Crippen molar-refractivity contribution < 1.29 is 0 Å². The topological polar surface area (TPSA) is 9.86 Å². The lowest BCUT2D eigenvalue weighted by Gasteiger charge is -2.35. The summed E-state index contributed by atoms with van der Waals surface area (Å²) in [5.74, 6) is 0. The van der Waals surface area contributed by atoms with Crippen molar-refractivity contribution in [3.8, 4) is 33.6 Å². The van der Waals surface area contributed by atoms with Gasteiger partial charge in [0.1, 0.15) is 0 Å². The van der Waals surface area contributed by atoms with Crippen molar-refractivity contribution in [3.05, 3.63) is 255 Å². The van der Waals surface area contributed by atoms with E-state index in [0.29, 0.717) is 0 Å². The van der Waals surface area contributed by atoms with Gasteiger partial charge in [0, 0.05) is 32.8 Å². The molecule has 3 heteroatoms. The molecule has 0 aliphatic rings. The van der Waals surface area contributed by atoms with Crippen LogP contribution in [0.5, 0.6) is 0 Å². The van der Waals surface area contributed by atoms with Crippen LogP contribution in [0.15, 0.2) is 255 Å². The Morgan fingerprint density at radius 2 is 0.762 bits per heavy atom. The summed E-state index contributed by atoms with van der Waals surface area (Å²) in [5.41, 5.74) is 11.9. The minimum atomic E-state index is -2.94. The van der Waals surface area contributed by atoms with Crippen molar-refractivity contribution in [1.29, 1.82) is 0 Å². The van der Waals surface area contributed by atoms with Crippen molar-refractivity contribution in [3.63, 3.8) is 0 Å². The highest BCUT2D eigenvalue weighted by atomic mass is 28.3. The summed E-state index contributed by atoms with van der Waals surface area (Å²) in [6, 6.07) is 94.3. The van der Waals surface area contributed by atoms with Gasteiger partial charge in [-0.3, -0.25) is 0 Å². The lowest BCUT2D eigenvalue weighted by atomic mass is 9.93. The van der Waals surface area contributed by atoms with E-state index in [4.69, 9.17) is 0 Å². The van der Waals surface area contributed by atoms with Crippen LogP contribution in [0.25, 0.3) is 77.2 Å². The van der Waals surface area contributed by atoms with Crippen molar-refractivity contribution in [1.82, 2.24) is 9.13 Å². The Labute approximate surface area is 368 Å². The molecule has 0 bridgehead atoms. The van der Waals surface area contributed by atoms with Crippen LogP contribution in [0, 0.1) is 0 Å². The number of hydrogen-bond acceptors (Lipinski definition) is 0. The highest BCUT2D eigenvalue weighted by Gasteiger charge is 2.43. The van der Waals surface area contributed by atoms with Crippen molar-refractivity contribution >= 4 is 72.4 Å². The van der Waals surface area contributed by atoms with Gasteiger partial charge >= 0.3 is 0 Å². The van der Waals surface area contributed by atoms with Crippen LogP contribution in [0.3, 0.4) is 0 Å². The van der Waals surface area contributed by atoms with Crippen LogP contribution in [0.4, 0.5) is 0 Å². The van der Waals surface area contributed by atoms with Crippen molar-refractivity contribution in [2.75, 3.05) is 0 Å². The third kappa shape index (κ3) is 5.78. The maximum absolute atomic E-state index is 2.94. The normalized spacial score (nSPS) is 11.8. The van der Waals surface area contributed by atoms with Gasteiger partial charge in [0.05, 0.1) is 27.8 Å². The molecule has 63 heavy (non-hydrogen) atoms. The van der Waals surface area contributed by atoms with Crippen LogP contribution >= 0.6 is 0 Å². The summed E-state index contributed by atoms with van der Waals surface area (Å²) in [6.45, 7) is 0. The van der Waals surface area contributed by atoms with Gasteiger partial charge in [0.15, 0.2) is 8.07 Å². The molecule has 10 aromatic carbocycles. The molecule has 2 aromatic heterocycles. The molecule has 0 aliphatic heterocycles. The standard InChI is InChI=1S/C60H42N2Si/c1-6-22-43(23-7-1)49-34-20-38-56(59(49)44-24-8-2-9-25-44)62-55-37-19-16-32-50(55)52-41-40-45(42-57(52)62)61-54-36-18-17-33-51(54)53-35-21-39-58(60(53)61)63(46-26-10-3-11-27-46,47-28-12-4-13-29-47)48-30-14-5-15-31-48/h1-42H. The molecule has 0 atom stereocenters. The fourth-order valence-corrected chi connectivity index (χ4v) is 15.4. The Morgan fingerprint density at radius 3 is 1.37 bits per heavy atom. The zero-order valence-corrected chi connectivity index (χ0v) is 35.6. The monoisotopic (exact) mass is 818 g/mol. The number of aromatic nitrogens is 2. The molecule has 0 N–H and O–H groups in total. The summed E-state index contributed by atoms with van der Waals surface area (Å²) in [5, 5.41) is 10.4. The second kappa shape index (κ2) is 15.2. The maximum Gasteiger partial charge on any atom is 0.181 e. The predicted octanol–water partition coefficient (Wildman–Crippen LogP) is 12.6. The number of nitrogens with zero attached hydrogens (tertiary/aromatic N) is 2. The second-order valence-corrected chi connectivity index (χ2v) is 20.2. The fourth-order valence-electron chi connectivity index (χ4n) is 10.5. The molecule has 0 saturated heterocycles. The number of para-hydroxylation sites is 3. The van der Waals surface area contributed by atoms with Crippen molar-refractivity contribution in [2.45, 2.75) is 0 Å². The fraction of sp³-hybridized carbons (Fsp3) is 0. The third-order valence-corrected chi connectivity index (χ3v) is 17.9. The predicted molar refractivity (Wildman–Crippen MR) is 270 cm³/mol. The number of hydrogen-bond donors (Lipinski definition) is 0. The van der Waals surface area contributed by atoms with Gasteiger partial charge in [-0.2, -0.15) is 0 Å². The first kappa shape index (κ1) is 36.8. The Hall–Kier alpha value is -7.98. The molecule has 2 nitrogen and oxygen atoms in total. The van der Waals surface area contributed by atoms with Gasteiger partial charge in [0.2, 0.25) is 0 Å². The summed E-state index contributed by atoms with van der Waals surface area (Å²) >= 11 is 0. The van der Waals surface area contributed by atoms with E-state index in [1.54, 1.807) is 0 Å². The molecule has 0 amide bonds. The van der Waals surface area contributed by atoms with Gasteiger partial charge < -0.3 is 9.13 Å². The molecule has 2 heterocycles. The van der Waals surface area contributed by atoms with Crippen LogP contribution in [0.1, 0.15) is 0 Å². The van der Waals surface area contributed by atoms with E-state index in [9.17, 15) is 0 Å². The first-order chi connectivity index (χ1) is 31.3. The largest absolute Gasteiger partial charge is 0.309 e. The Bertz CT molecular complexity index is 3500. The van der Waals surface area contributed by atoms with Crippen LogP contribution in [-0.2, 0) is 0 Å². The molecule has 0 spiro atoms. The van der Waals surface area contributed by atoms with Crippen LogP contribution in [0.2, 0.25) is 0 Å². The summed E-state index contributed by atoms with van der Waals surface area (Å²) in [4.78, 5) is 0. The average molecular weight is 819 g/mol. The molecule has 0 aliphatic carbocycles. The smallest absolute Gasteiger partial charge is 0.181 e. The lowest BCUT2D eigenvalue weighted by Crippen LogP contribution is -2.75. The van der Waals surface area contributed by atoms with E-state index in [-0.39, 0.29) is 0 Å². The van der Waals surface area contributed by atoms with E-state index >= 15 is 0 Å². The van der Waals surface area contributed by atoms with E-state index in [1.165, 1.54) is 81.1 Å². The van der Waals surface area contributed by atoms with Crippen molar-refractivity contribution in [2.24, 2.45) is 0 Å².